The first kappa shape index (κ1) is 18.8. The number of fused-ring (bicyclic) bond motifs is 1. The Balaban J connectivity index is 1.09. The lowest BCUT2D eigenvalue weighted by atomic mass is 9.56. The molecule has 0 radical (unpaired) electrons. The Hall–Kier alpha value is -2.18. The normalized spacial score (nSPS) is 18.8. The highest BCUT2D eigenvalue weighted by Crippen LogP contribution is 2.53. The highest BCUT2D eigenvalue weighted by atomic mass is 35.5. The molecule has 7 heteroatoms. The van der Waals surface area contributed by atoms with E-state index in [9.17, 15) is 4.79 Å². The van der Waals surface area contributed by atoms with Gasteiger partial charge < -0.3 is 4.90 Å². The van der Waals surface area contributed by atoms with E-state index in [1.807, 2.05) is 17.9 Å². The molecule has 3 aromatic rings. The van der Waals surface area contributed by atoms with Crippen molar-refractivity contribution in [2.24, 2.45) is 18.4 Å². The highest BCUT2D eigenvalue weighted by Gasteiger charge is 2.51. The zero-order chi connectivity index (χ0) is 20.0. The molecule has 5 rings (SSSR count). The summed E-state index contributed by atoms with van der Waals surface area (Å²) in [5.41, 5.74) is 3.75. The number of rotatable bonds is 6. The Kier molecular flexibility index (Phi) is 4.71. The van der Waals surface area contributed by atoms with Crippen LogP contribution in [0, 0.1) is 11.3 Å². The van der Waals surface area contributed by atoms with Gasteiger partial charge in [-0.3, -0.25) is 9.48 Å². The standard InChI is InChI=1S/C22H26ClN5O/c1-27-21-18(12-25-27)5-4-17(20(21)23)7-16-9-22(10-16)13-28(14-22)6-2-3-15-8-19(29)26-24-11-15/h4-5,8,11-12,16H,2-3,6-7,9-10,13-14H2,1H3,(H,26,29). The molecule has 1 N–H and O–H groups in total. The van der Waals surface area contributed by atoms with E-state index in [0.717, 1.165) is 53.2 Å². The van der Waals surface area contributed by atoms with E-state index < -0.39 is 0 Å². The molecule has 6 nitrogen and oxygen atoms in total. The molecule has 3 heterocycles. The van der Waals surface area contributed by atoms with Crippen molar-refractivity contribution in [1.29, 1.82) is 0 Å². The number of halogens is 1. The summed E-state index contributed by atoms with van der Waals surface area (Å²) < 4.78 is 1.87. The number of H-pyrrole nitrogens is 1. The van der Waals surface area contributed by atoms with E-state index >= 15 is 0 Å². The third-order valence-electron chi connectivity index (χ3n) is 6.65. The first-order valence-electron chi connectivity index (χ1n) is 10.4. The third kappa shape index (κ3) is 3.60. The average Bonchev–Trinajstić information content (AvgIpc) is 3.01. The lowest BCUT2D eigenvalue weighted by molar-refractivity contribution is -0.0936. The van der Waals surface area contributed by atoms with Gasteiger partial charge in [0.05, 0.1) is 22.9 Å². The second kappa shape index (κ2) is 7.26. The number of aryl methyl sites for hydroxylation is 2. The van der Waals surface area contributed by atoms with Gasteiger partial charge >= 0.3 is 0 Å². The van der Waals surface area contributed by atoms with Gasteiger partial charge in [-0.15, -0.1) is 0 Å². The molecule has 2 aromatic heterocycles. The van der Waals surface area contributed by atoms with Gasteiger partial charge in [0.1, 0.15) is 0 Å². The second-order valence-corrected chi connectivity index (χ2v) is 9.37. The number of hydrogen-bond donors (Lipinski definition) is 1. The molecule has 1 spiro atoms. The molecule has 0 bridgehead atoms. The van der Waals surface area contributed by atoms with E-state index in [-0.39, 0.29) is 5.56 Å². The molecule has 2 fully saturated rings. The number of benzene rings is 1. The van der Waals surface area contributed by atoms with Crippen molar-refractivity contribution in [3.63, 3.8) is 0 Å². The van der Waals surface area contributed by atoms with Gasteiger partial charge in [-0.1, -0.05) is 23.7 Å². The van der Waals surface area contributed by atoms with Crippen LogP contribution < -0.4 is 5.56 Å². The first-order valence-corrected chi connectivity index (χ1v) is 10.7. The van der Waals surface area contributed by atoms with Crippen LogP contribution in [-0.4, -0.2) is 44.5 Å². The van der Waals surface area contributed by atoms with Crippen LogP contribution in [-0.2, 0) is 19.9 Å². The molecule has 1 aliphatic heterocycles. The van der Waals surface area contributed by atoms with Gasteiger partial charge in [-0.05, 0) is 61.1 Å². The third-order valence-corrected chi connectivity index (χ3v) is 7.07. The Morgan fingerprint density at radius 3 is 2.90 bits per heavy atom. The topological polar surface area (TPSA) is 66.8 Å². The second-order valence-electron chi connectivity index (χ2n) is 8.99. The molecule has 2 aliphatic rings. The van der Waals surface area contributed by atoms with Gasteiger partial charge in [0.2, 0.25) is 0 Å². The van der Waals surface area contributed by atoms with Crippen molar-refractivity contribution in [1.82, 2.24) is 24.9 Å². The van der Waals surface area contributed by atoms with Gasteiger partial charge in [0.15, 0.2) is 0 Å². The Morgan fingerprint density at radius 2 is 2.10 bits per heavy atom. The summed E-state index contributed by atoms with van der Waals surface area (Å²) >= 11 is 6.68. The minimum atomic E-state index is -0.117. The molecule has 1 saturated carbocycles. The largest absolute Gasteiger partial charge is 0.302 e. The van der Waals surface area contributed by atoms with Crippen molar-refractivity contribution in [3.05, 3.63) is 57.1 Å². The number of nitrogens with zero attached hydrogens (tertiary/aromatic N) is 4. The van der Waals surface area contributed by atoms with E-state index in [4.69, 9.17) is 11.6 Å². The number of aromatic nitrogens is 4. The summed E-state index contributed by atoms with van der Waals surface area (Å²) in [6.45, 7) is 3.53. The summed E-state index contributed by atoms with van der Waals surface area (Å²) in [4.78, 5) is 13.8. The average molecular weight is 412 g/mol. The van der Waals surface area contributed by atoms with Crippen LogP contribution in [0.4, 0.5) is 0 Å². The molecular weight excluding hydrogens is 386 g/mol. The summed E-state index contributed by atoms with van der Waals surface area (Å²) in [5.74, 6) is 0.738. The minimum Gasteiger partial charge on any atom is -0.302 e. The molecule has 1 aliphatic carbocycles. The van der Waals surface area contributed by atoms with Crippen molar-refractivity contribution in [3.8, 4) is 0 Å². The summed E-state index contributed by atoms with van der Waals surface area (Å²) in [5, 5.41) is 12.6. The van der Waals surface area contributed by atoms with Crippen LogP contribution in [0.1, 0.15) is 30.4 Å². The molecule has 0 atom stereocenters. The highest BCUT2D eigenvalue weighted by molar-refractivity contribution is 6.35. The van der Waals surface area contributed by atoms with E-state index in [0.29, 0.717) is 5.41 Å². The predicted molar refractivity (Wildman–Crippen MR) is 114 cm³/mol. The van der Waals surface area contributed by atoms with Crippen LogP contribution >= 0.6 is 11.6 Å². The zero-order valence-electron chi connectivity index (χ0n) is 16.7. The molecule has 152 valence electrons. The lowest BCUT2D eigenvalue weighted by Crippen LogP contribution is -2.62. The molecular formula is C22H26ClN5O. The molecule has 1 saturated heterocycles. The Morgan fingerprint density at radius 1 is 1.28 bits per heavy atom. The number of nitrogens with one attached hydrogen (secondary N) is 1. The van der Waals surface area contributed by atoms with E-state index in [1.54, 1.807) is 12.3 Å². The van der Waals surface area contributed by atoms with Crippen LogP contribution in [0.2, 0.25) is 5.02 Å². The van der Waals surface area contributed by atoms with Gasteiger partial charge in [0.25, 0.3) is 5.56 Å². The van der Waals surface area contributed by atoms with Crippen LogP contribution in [0.3, 0.4) is 0 Å². The molecule has 29 heavy (non-hydrogen) atoms. The fourth-order valence-electron chi connectivity index (χ4n) is 5.42. The van der Waals surface area contributed by atoms with Gasteiger partial charge in [0, 0.05) is 31.6 Å². The SMILES string of the molecule is Cn1ncc2ccc(CC3CC4(C3)CN(CCCc3cn[nH]c(=O)c3)C4)c(Cl)c21. The van der Waals surface area contributed by atoms with Crippen LogP contribution in [0.15, 0.2) is 35.4 Å². The fraction of sp³-hybridized carbons (Fsp3) is 0.500. The molecule has 0 unspecified atom stereocenters. The first-order chi connectivity index (χ1) is 14.0. The monoisotopic (exact) mass is 411 g/mol. The maximum absolute atomic E-state index is 11.3. The van der Waals surface area contributed by atoms with Crippen LogP contribution in [0.25, 0.3) is 10.9 Å². The fourth-order valence-corrected chi connectivity index (χ4v) is 5.79. The molecule has 1 aromatic carbocycles. The van der Waals surface area contributed by atoms with Crippen molar-refractivity contribution < 1.29 is 0 Å². The summed E-state index contributed by atoms with van der Waals surface area (Å²) in [6.07, 6.45) is 9.30. The van der Waals surface area contributed by atoms with E-state index in [1.165, 1.54) is 31.5 Å². The van der Waals surface area contributed by atoms with Gasteiger partial charge in [-0.25, -0.2) is 5.10 Å². The number of likely N-dealkylation sites (tertiary alicyclic amines) is 1. The summed E-state index contributed by atoms with van der Waals surface area (Å²) in [6, 6.07) is 5.96. The maximum Gasteiger partial charge on any atom is 0.264 e. The Labute approximate surface area is 174 Å². The van der Waals surface area contributed by atoms with E-state index in [2.05, 4.69) is 32.3 Å². The number of hydrogen-bond acceptors (Lipinski definition) is 4. The lowest BCUT2D eigenvalue weighted by Gasteiger charge is -2.59. The van der Waals surface area contributed by atoms with Gasteiger partial charge in [-0.2, -0.15) is 10.2 Å². The number of aromatic amines is 1. The summed E-state index contributed by atoms with van der Waals surface area (Å²) in [7, 11) is 1.95. The predicted octanol–water partition coefficient (Wildman–Crippen LogP) is 3.20. The minimum absolute atomic E-state index is 0.117. The van der Waals surface area contributed by atoms with Crippen molar-refractivity contribution in [2.75, 3.05) is 19.6 Å². The zero-order valence-corrected chi connectivity index (χ0v) is 17.5. The quantitative estimate of drug-likeness (QED) is 0.676. The Bertz CT molecular complexity index is 1090. The van der Waals surface area contributed by atoms with Crippen molar-refractivity contribution >= 4 is 22.5 Å². The maximum atomic E-state index is 11.3. The van der Waals surface area contributed by atoms with Crippen LogP contribution in [0.5, 0.6) is 0 Å². The smallest absolute Gasteiger partial charge is 0.264 e. The van der Waals surface area contributed by atoms with Crippen molar-refractivity contribution in [2.45, 2.75) is 32.1 Å². The molecule has 0 amide bonds.